The summed E-state index contributed by atoms with van der Waals surface area (Å²) in [5.41, 5.74) is 5.70. The highest BCUT2D eigenvalue weighted by atomic mass is 32.2. The number of thioether (sulfide) groups is 1. The van der Waals surface area contributed by atoms with Gasteiger partial charge in [0.05, 0.1) is 18.8 Å². The Balaban J connectivity index is 1.16. The van der Waals surface area contributed by atoms with Crippen LogP contribution >= 0.6 is 11.8 Å². The van der Waals surface area contributed by atoms with Crippen molar-refractivity contribution in [3.8, 4) is 0 Å². The van der Waals surface area contributed by atoms with Gasteiger partial charge in [0.2, 0.25) is 11.8 Å². The molecule has 4 atom stereocenters. The third-order valence-electron chi connectivity index (χ3n) is 10.8. The van der Waals surface area contributed by atoms with Crippen LogP contribution in [0.2, 0.25) is 0 Å². The van der Waals surface area contributed by atoms with Crippen molar-refractivity contribution >= 4 is 29.3 Å². The van der Waals surface area contributed by atoms with Crippen molar-refractivity contribution in [1.29, 1.82) is 0 Å². The van der Waals surface area contributed by atoms with Gasteiger partial charge in [0.15, 0.2) is 6.29 Å². The molecule has 0 aliphatic carbocycles. The number of amides is 2. The summed E-state index contributed by atoms with van der Waals surface area (Å²) in [5.74, 6) is 0.582. The molecule has 1 unspecified atom stereocenters. The number of carbonyl (C=O) groups excluding carboxylic acids is 2. The van der Waals surface area contributed by atoms with Crippen molar-refractivity contribution in [3.63, 3.8) is 0 Å². The maximum absolute atomic E-state index is 12.7. The highest BCUT2D eigenvalue weighted by Gasteiger charge is 2.41. The summed E-state index contributed by atoms with van der Waals surface area (Å²) in [6.07, 6.45) is 16.3. The third-order valence-corrected chi connectivity index (χ3v) is 11.9. The lowest BCUT2D eigenvalue weighted by atomic mass is 9.84. The molecule has 4 aromatic rings. The standard InChI is InChI=1S/C49H64N2O5S/c1-3-4-5-6-7-8-9-10-11-12-13-14-18-21-46(54)50-34-38-22-28-42(29-23-38)49-55-45(36-57-44-32-30-43(31-33-44)51-37(2)53)47(40-19-16-15-17-20-40)48(56-49)41-26-24-39(35-52)25-27-41/h15-17,19-20,22-33,45,47-49,52H,3-14,18,21,34-36H2,1-2H3,(H,50,54)(H,51,53)/t45-,47-,48+,49?/m1/s1. The number of anilines is 1. The van der Waals surface area contributed by atoms with Gasteiger partial charge in [-0.25, -0.2) is 0 Å². The highest BCUT2D eigenvalue weighted by Crippen LogP contribution is 2.48. The average molecular weight is 793 g/mol. The van der Waals surface area contributed by atoms with Gasteiger partial charge < -0.3 is 25.2 Å². The molecule has 0 bridgehead atoms. The molecule has 0 saturated carbocycles. The van der Waals surface area contributed by atoms with E-state index in [0.29, 0.717) is 18.7 Å². The number of rotatable bonds is 24. The molecule has 2 amide bonds. The van der Waals surface area contributed by atoms with Gasteiger partial charge in [0.1, 0.15) is 0 Å². The lowest BCUT2D eigenvalue weighted by Crippen LogP contribution is -2.38. The van der Waals surface area contributed by atoms with Crippen molar-refractivity contribution in [2.24, 2.45) is 0 Å². The number of unbranched alkanes of at least 4 members (excludes halogenated alkanes) is 12. The zero-order valence-electron chi connectivity index (χ0n) is 34.1. The van der Waals surface area contributed by atoms with Crippen LogP contribution in [0.5, 0.6) is 0 Å². The van der Waals surface area contributed by atoms with Gasteiger partial charge in [-0.1, -0.05) is 163 Å². The number of carbonyl (C=O) groups is 2. The second-order valence-electron chi connectivity index (χ2n) is 15.4. The molecule has 0 radical (unpaired) electrons. The normalized spacial score (nSPS) is 17.9. The van der Waals surface area contributed by atoms with Crippen LogP contribution in [-0.2, 0) is 32.2 Å². The van der Waals surface area contributed by atoms with E-state index < -0.39 is 6.29 Å². The molecule has 3 N–H and O–H groups in total. The van der Waals surface area contributed by atoms with Crippen LogP contribution in [0.1, 0.15) is 150 Å². The molecule has 1 saturated heterocycles. The van der Waals surface area contributed by atoms with E-state index in [0.717, 1.165) is 51.2 Å². The van der Waals surface area contributed by atoms with Gasteiger partial charge >= 0.3 is 0 Å². The van der Waals surface area contributed by atoms with E-state index >= 15 is 0 Å². The Hall–Kier alpha value is -3.95. The average Bonchev–Trinajstić information content (AvgIpc) is 3.24. The molecule has 306 valence electrons. The lowest BCUT2D eigenvalue weighted by Gasteiger charge is -2.43. The summed E-state index contributed by atoms with van der Waals surface area (Å²) < 4.78 is 13.8. The Kier molecular flexibility index (Phi) is 19.2. The molecule has 1 aliphatic heterocycles. The summed E-state index contributed by atoms with van der Waals surface area (Å²) in [5, 5.41) is 15.7. The molecule has 0 spiro atoms. The van der Waals surface area contributed by atoms with Crippen LogP contribution < -0.4 is 10.6 Å². The Morgan fingerprint density at radius 3 is 1.82 bits per heavy atom. The molecule has 1 fully saturated rings. The van der Waals surface area contributed by atoms with Crippen molar-refractivity contribution in [2.45, 2.75) is 146 Å². The van der Waals surface area contributed by atoms with E-state index in [9.17, 15) is 14.7 Å². The molecule has 7 nitrogen and oxygen atoms in total. The van der Waals surface area contributed by atoms with E-state index in [1.54, 1.807) is 11.8 Å². The first-order chi connectivity index (χ1) is 27.9. The Bertz CT molecular complexity index is 1730. The molecule has 57 heavy (non-hydrogen) atoms. The number of hydrogen-bond donors (Lipinski definition) is 3. The van der Waals surface area contributed by atoms with E-state index in [1.807, 2.05) is 78.9 Å². The van der Waals surface area contributed by atoms with Gasteiger partial charge in [-0.2, -0.15) is 0 Å². The predicted octanol–water partition coefficient (Wildman–Crippen LogP) is 12.0. The van der Waals surface area contributed by atoms with E-state index in [1.165, 1.54) is 77.6 Å². The fraction of sp³-hybridized carbons (Fsp3) is 0.469. The van der Waals surface area contributed by atoms with Crippen molar-refractivity contribution in [1.82, 2.24) is 5.32 Å². The third kappa shape index (κ3) is 15.1. The molecule has 8 heteroatoms. The summed E-state index contributed by atoms with van der Waals surface area (Å²) in [7, 11) is 0. The van der Waals surface area contributed by atoms with Crippen LogP contribution in [0.3, 0.4) is 0 Å². The van der Waals surface area contributed by atoms with E-state index in [2.05, 4.69) is 41.8 Å². The van der Waals surface area contributed by atoms with Crippen molar-refractivity contribution in [3.05, 3.63) is 131 Å². The molecular weight excluding hydrogens is 729 g/mol. The monoisotopic (exact) mass is 792 g/mol. The number of benzene rings is 4. The molecule has 0 aromatic heterocycles. The molecule has 1 aliphatic rings. The summed E-state index contributed by atoms with van der Waals surface area (Å²) in [6, 6.07) is 34.4. The molecule has 4 aromatic carbocycles. The zero-order chi connectivity index (χ0) is 40.1. The SMILES string of the molecule is CCCCCCCCCCCCCCCC(=O)NCc1ccc(C2O[C@H](CSc3ccc(NC(C)=O)cc3)[C@@H](c3ccccc3)[C@H](c3ccc(CO)cc3)O2)cc1. The van der Waals surface area contributed by atoms with Gasteiger partial charge in [0.25, 0.3) is 0 Å². The van der Waals surface area contributed by atoms with Crippen LogP contribution in [-0.4, -0.2) is 28.8 Å². The predicted molar refractivity (Wildman–Crippen MR) is 233 cm³/mol. The largest absolute Gasteiger partial charge is 0.392 e. The topological polar surface area (TPSA) is 96.9 Å². The number of hydrogen-bond acceptors (Lipinski definition) is 6. The quantitative estimate of drug-likeness (QED) is 0.0483. The van der Waals surface area contributed by atoms with E-state index in [-0.39, 0.29) is 36.5 Å². The fourth-order valence-electron chi connectivity index (χ4n) is 7.55. The Labute approximate surface area is 345 Å². The Morgan fingerprint density at radius 2 is 1.23 bits per heavy atom. The second kappa shape index (κ2) is 24.7. The molecular formula is C49H64N2O5S. The van der Waals surface area contributed by atoms with Crippen molar-refractivity contribution < 1.29 is 24.2 Å². The fourth-order valence-corrected chi connectivity index (χ4v) is 8.52. The van der Waals surface area contributed by atoms with Gasteiger partial charge in [-0.3, -0.25) is 9.59 Å². The first-order valence-electron chi connectivity index (χ1n) is 21.3. The van der Waals surface area contributed by atoms with Crippen LogP contribution in [0, 0.1) is 0 Å². The lowest BCUT2D eigenvalue weighted by molar-refractivity contribution is -0.255. The van der Waals surface area contributed by atoms with Crippen molar-refractivity contribution in [2.75, 3.05) is 11.1 Å². The number of aliphatic hydroxyl groups excluding tert-OH is 1. The van der Waals surface area contributed by atoms with Crippen LogP contribution in [0.4, 0.5) is 5.69 Å². The number of aliphatic hydroxyl groups is 1. The minimum absolute atomic E-state index is 0.0219. The second-order valence-corrected chi connectivity index (χ2v) is 16.5. The zero-order valence-corrected chi connectivity index (χ0v) is 35.0. The summed E-state index contributed by atoms with van der Waals surface area (Å²) in [4.78, 5) is 25.3. The van der Waals surface area contributed by atoms with Crippen LogP contribution in [0.15, 0.2) is 108 Å². The maximum atomic E-state index is 12.7. The first-order valence-corrected chi connectivity index (χ1v) is 22.3. The maximum Gasteiger partial charge on any atom is 0.221 e. The van der Waals surface area contributed by atoms with E-state index in [4.69, 9.17) is 9.47 Å². The first kappa shape index (κ1) is 44.2. The van der Waals surface area contributed by atoms with Crippen LogP contribution in [0.25, 0.3) is 0 Å². The smallest absolute Gasteiger partial charge is 0.221 e. The number of nitrogens with one attached hydrogen (secondary N) is 2. The van der Waals surface area contributed by atoms with Gasteiger partial charge in [-0.15, -0.1) is 11.8 Å². The molecule has 5 rings (SSSR count). The minimum atomic E-state index is -0.612. The number of ether oxygens (including phenoxy) is 2. The highest BCUT2D eigenvalue weighted by molar-refractivity contribution is 7.99. The minimum Gasteiger partial charge on any atom is -0.392 e. The summed E-state index contributed by atoms with van der Waals surface area (Å²) >= 11 is 1.71. The summed E-state index contributed by atoms with van der Waals surface area (Å²) in [6.45, 7) is 4.24. The van der Waals surface area contributed by atoms with Gasteiger partial charge in [0, 0.05) is 47.7 Å². The van der Waals surface area contributed by atoms with Gasteiger partial charge in [-0.05, 0) is 52.9 Å². The molecule has 1 heterocycles. The Morgan fingerprint density at radius 1 is 0.649 bits per heavy atom.